The fourth-order valence-corrected chi connectivity index (χ4v) is 4.48. The van der Waals surface area contributed by atoms with E-state index in [2.05, 4.69) is 27.4 Å². The molecule has 0 bridgehead atoms. The summed E-state index contributed by atoms with van der Waals surface area (Å²) in [5, 5.41) is 7.68. The van der Waals surface area contributed by atoms with Gasteiger partial charge in [-0.2, -0.15) is 0 Å². The maximum atomic E-state index is 14.4. The smallest absolute Gasteiger partial charge is 0.257 e. The van der Waals surface area contributed by atoms with Crippen molar-refractivity contribution in [2.45, 2.75) is 32.7 Å². The van der Waals surface area contributed by atoms with E-state index >= 15 is 0 Å². The van der Waals surface area contributed by atoms with Gasteiger partial charge in [-0.25, -0.2) is 15.2 Å². The molecule has 9 nitrogen and oxygen atoms in total. The van der Waals surface area contributed by atoms with Crippen LogP contribution in [0.25, 0.3) is 5.65 Å². The van der Waals surface area contributed by atoms with Crippen molar-refractivity contribution in [1.29, 1.82) is 0 Å². The average Bonchev–Trinajstić information content (AvgIpc) is 3.14. The quantitative estimate of drug-likeness (QED) is 0.257. The van der Waals surface area contributed by atoms with E-state index in [-0.39, 0.29) is 16.9 Å². The summed E-state index contributed by atoms with van der Waals surface area (Å²) in [7, 11) is 1.70. The van der Waals surface area contributed by atoms with E-state index in [1.165, 1.54) is 11.1 Å². The van der Waals surface area contributed by atoms with Crippen molar-refractivity contribution in [1.82, 2.24) is 14.7 Å². The Bertz CT molecular complexity index is 1170. The number of hydrogen-bond acceptors (Lipinski definition) is 7. The minimum absolute atomic E-state index is 0.208. The lowest BCUT2D eigenvalue weighted by atomic mass is 10.0. The number of hydrogen-bond donors (Lipinski definition) is 4. The molecule has 0 radical (unpaired) electrons. The van der Waals surface area contributed by atoms with Crippen LogP contribution in [0.1, 0.15) is 35.8 Å². The molecule has 10 heteroatoms. The van der Waals surface area contributed by atoms with Crippen molar-refractivity contribution in [3.8, 4) is 0 Å². The number of fused-ring (bicyclic) bond motifs is 1. The summed E-state index contributed by atoms with van der Waals surface area (Å²) < 4.78 is 15.9. The Morgan fingerprint density at radius 2 is 2.03 bits per heavy atom. The largest absolute Gasteiger partial charge is 0.396 e. The summed E-state index contributed by atoms with van der Waals surface area (Å²) in [6.07, 6.45) is 5.35. The number of nitrogens with zero attached hydrogens (tertiary/aromatic N) is 4. The number of halogens is 1. The van der Waals surface area contributed by atoms with Crippen LogP contribution >= 0.6 is 0 Å². The first-order chi connectivity index (χ1) is 15.8. The van der Waals surface area contributed by atoms with Crippen molar-refractivity contribution < 1.29 is 9.18 Å². The Balaban J connectivity index is 1.59. The molecule has 0 unspecified atom stereocenters. The number of hydrazine groups is 1. The first-order valence-electron chi connectivity index (χ1n) is 11.1. The lowest BCUT2D eigenvalue weighted by Crippen LogP contribution is -2.43. The van der Waals surface area contributed by atoms with E-state index in [0.29, 0.717) is 23.1 Å². The van der Waals surface area contributed by atoms with Crippen molar-refractivity contribution in [3.05, 3.63) is 47.7 Å². The van der Waals surface area contributed by atoms with Crippen LogP contribution in [-0.4, -0.2) is 48.0 Å². The normalized spacial score (nSPS) is 14.6. The number of imidazole rings is 1. The van der Waals surface area contributed by atoms with E-state index in [0.717, 1.165) is 38.2 Å². The number of rotatable bonds is 6. The monoisotopic (exact) mass is 454 g/mol. The van der Waals surface area contributed by atoms with Crippen LogP contribution in [0.5, 0.6) is 0 Å². The summed E-state index contributed by atoms with van der Waals surface area (Å²) in [5.41, 5.74) is 9.67. The number of nitrogen functional groups attached to an aromatic ring is 1. The minimum atomic E-state index is -0.521. The molecule has 1 aliphatic heterocycles. The molecule has 1 fully saturated rings. The molecule has 0 atom stereocenters. The molecule has 1 aliphatic rings. The third kappa shape index (κ3) is 4.57. The van der Waals surface area contributed by atoms with Gasteiger partial charge in [-0.3, -0.25) is 4.79 Å². The SMILES string of the molecule is CCNC1CCN(c2ccc(C(=O)Nc3cc(F)c4nc(C)cn4c3)c(N)c2N(C)N)CC1. The first kappa shape index (κ1) is 22.8. The molecule has 3 heterocycles. The highest BCUT2D eigenvalue weighted by atomic mass is 19.1. The van der Waals surface area contributed by atoms with Gasteiger partial charge < -0.3 is 30.7 Å². The van der Waals surface area contributed by atoms with Crippen LogP contribution < -0.4 is 32.1 Å². The molecule has 1 aromatic carbocycles. The second-order valence-electron chi connectivity index (χ2n) is 8.47. The van der Waals surface area contributed by atoms with Crippen molar-refractivity contribution in [2.24, 2.45) is 5.84 Å². The molecule has 3 aromatic rings. The van der Waals surface area contributed by atoms with Gasteiger partial charge in [0.25, 0.3) is 5.91 Å². The molecular formula is C23H31FN8O. The molecule has 0 spiro atoms. The molecule has 2 aromatic heterocycles. The average molecular weight is 455 g/mol. The Kier molecular flexibility index (Phi) is 6.39. The van der Waals surface area contributed by atoms with Crippen molar-refractivity contribution in [3.63, 3.8) is 0 Å². The number of carbonyl (C=O) groups excluding carboxylic acids is 1. The van der Waals surface area contributed by atoms with Gasteiger partial charge in [0, 0.05) is 44.6 Å². The number of piperidine rings is 1. The number of nitrogens with one attached hydrogen (secondary N) is 2. The zero-order valence-electron chi connectivity index (χ0n) is 19.2. The summed E-state index contributed by atoms with van der Waals surface area (Å²) in [6, 6.07) is 5.32. The molecule has 6 N–H and O–H groups in total. The molecule has 1 amide bonds. The van der Waals surface area contributed by atoms with Crippen LogP contribution in [0.4, 0.5) is 27.1 Å². The van der Waals surface area contributed by atoms with Crippen molar-refractivity contribution in [2.75, 3.05) is 47.6 Å². The number of carbonyl (C=O) groups is 1. The van der Waals surface area contributed by atoms with Crippen molar-refractivity contribution >= 4 is 34.3 Å². The van der Waals surface area contributed by atoms with Crippen LogP contribution in [-0.2, 0) is 0 Å². The molecule has 1 saturated heterocycles. The van der Waals surface area contributed by atoms with Gasteiger partial charge in [-0.1, -0.05) is 6.92 Å². The Morgan fingerprint density at radius 1 is 1.30 bits per heavy atom. The van der Waals surface area contributed by atoms with Crippen LogP contribution in [0, 0.1) is 12.7 Å². The minimum Gasteiger partial charge on any atom is -0.396 e. The molecular weight excluding hydrogens is 423 g/mol. The predicted molar refractivity (Wildman–Crippen MR) is 130 cm³/mol. The first-order valence-corrected chi connectivity index (χ1v) is 11.1. The van der Waals surface area contributed by atoms with E-state index in [4.69, 9.17) is 11.6 Å². The summed E-state index contributed by atoms with van der Waals surface area (Å²) in [4.78, 5) is 19.4. The maximum absolute atomic E-state index is 14.4. The number of benzene rings is 1. The summed E-state index contributed by atoms with van der Waals surface area (Å²) in [6.45, 7) is 6.58. The summed E-state index contributed by atoms with van der Waals surface area (Å²) >= 11 is 0. The standard InChI is InChI=1S/C23H31FN8O/c1-4-27-15-7-9-31(10-8-15)19-6-5-17(20(25)21(19)30(3)26)23(33)29-16-11-18(24)22-28-14(2)12-32(22)13-16/h5-6,11-13,15,27H,4,7-10,25-26H2,1-3H3,(H,29,33). The highest BCUT2D eigenvalue weighted by Crippen LogP contribution is 2.37. The zero-order chi connectivity index (χ0) is 23.7. The van der Waals surface area contributed by atoms with Gasteiger partial charge in [-0.05, 0) is 38.4 Å². The molecule has 0 aliphatic carbocycles. The fourth-order valence-electron chi connectivity index (χ4n) is 4.48. The summed E-state index contributed by atoms with van der Waals surface area (Å²) in [5.74, 6) is 5.16. The lowest BCUT2D eigenvalue weighted by Gasteiger charge is -2.36. The number of anilines is 4. The van der Waals surface area contributed by atoms with Gasteiger partial charge in [0.1, 0.15) is 0 Å². The molecule has 176 valence electrons. The molecule has 4 rings (SSSR count). The second kappa shape index (κ2) is 9.24. The van der Waals surface area contributed by atoms with Gasteiger partial charge >= 0.3 is 0 Å². The van der Waals surface area contributed by atoms with Gasteiger partial charge in [0.05, 0.1) is 34.0 Å². The topological polar surface area (TPSA) is 117 Å². The zero-order valence-corrected chi connectivity index (χ0v) is 19.2. The predicted octanol–water partition coefficient (Wildman–Crippen LogP) is 2.50. The van der Waals surface area contributed by atoms with Gasteiger partial charge in [0.2, 0.25) is 0 Å². The van der Waals surface area contributed by atoms with E-state index < -0.39 is 11.7 Å². The van der Waals surface area contributed by atoms with E-state index in [1.807, 2.05) is 6.07 Å². The second-order valence-corrected chi connectivity index (χ2v) is 8.47. The number of nitrogens with two attached hydrogens (primary N) is 2. The number of amides is 1. The van der Waals surface area contributed by atoms with Gasteiger partial charge in [-0.15, -0.1) is 0 Å². The molecule has 33 heavy (non-hydrogen) atoms. The van der Waals surface area contributed by atoms with E-state index in [1.54, 1.807) is 36.8 Å². The third-order valence-electron chi connectivity index (χ3n) is 6.01. The fraction of sp³-hybridized carbons (Fsp3) is 0.391. The van der Waals surface area contributed by atoms with E-state index in [9.17, 15) is 9.18 Å². The Morgan fingerprint density at radius 3 is 2.70 bits per heavy atom. The number of aryl methyl sites for hydroxylation is 1. The van der Waals surface area contributed by atoms with Crippen LogP contribution in [0.3, 0.4) is 0 Å². The third-order valence-corrected chi connectivity index (χ3v) is 6.01. The maximum Gasteiger partial charge on any atom is 0.257 e. The lowest BCUT2D eigenvalue weighted by molar-refractivity contribution is 0.102. The number of aromatic nitrogens is 2. The highest BCUT2D eigenvalue weighted by molar-refractivity contribution is 6.10. The Labute approximate surface area is 192 Å². The van der Waals surface area contributed by atoms with Crippen LogP contribution in [0.15, 0.2) is 30.6 Å². The molecule has 0 saturated carbocycles. The number of pyridine rings is 1. The van der Waals surface area contributed by atoms with Gasteiger partial charge in [0.15, 0.2) is 11.5 Å². The van der Waals surface area contributed by atoms with Crippen LogP contribution in [0.2, 0.25) is 0 Å². The Hall–Kier alpha value is -3.37. The highest BCUT2D eigenvalue weighted by Gasteiger charge is 2.25.